The molecule has 3 rings (SSSR count). The number of aromatic hydroxyl groups is 1. The third-order valence-electron chi connectivity index (χ3n) is 5.61. The van der Waals surface area contributed by atoms with E-state index in [1.807, 2.05) is 45.0 Å². The van der Waals surface area contributed by atoms with Crippen LogP contribution in [-0.2, 0) is 10.2 Å². The zero-order chi connectivity index (χ0) is 21.9. The molecule has 0 spiro atoms. The van der Waals surface area contributed by atoms with Crippen LogP contribution in [0.5, 0.6) is 11.5 Å². The van der Waals surface area contributed by atoms with Gasteiger partial charge in [0, 0.05) is 12.0 Å². The minimum absolute atomic E-state index is 0.0352. The van der Waals surface area contributed by atoms with Crippen LogP contribution in [0.15, 0.2) is 48.5 Å². The van der Waals surface area contributed by atoms with Crippen molar-refractivity contribution in [1.82, 2.24) is 4.90 Å². The molecule has 2 aromatic carbocycles. The molecule has 0 aliphatic carbocycles. The molecule has 1 fully saturated rings. The Bertz CT molecular complexity index is 850. The molecule has 30 heavy (non-hydrogen) atoms. The van der Waals surface area contributed by atoms with E-state index in [2.05, 4.69) is 26.0 Å². The fourth-order valence-corrected chi connectivity index (χ4v) is 3.77. The van der Waals surface area contributed by atoms with Crippen LogP contribution in [-0.4, -0.2) is 40.9 Å². The fourth-order valence-electron chi connectivity index (χ4n) is 3.77. The lowest BCUT2D eigenvalue weighted by atomic mass is 9.78. The molecule has 0 saturated carbocycles. The molecule has 1 aliphatic heterocycles. The summed E-state index contributed by atoms with van der Waals surface area (Å²) in [5, 5.41) is 9.54. The SMILES string of the molecule is CC(C)(C)OC(=O)N1CCCC1COc1ccc(C(C)(C)c2ccc(O)cc2)cc1. The summed E-state index contributed by atoms with van der Waals surface area (Å²) in [6, 6.07) is 15.5. The lowest BCUT2D eigenvalue weighted by Crippen LogP contribution is -2.42. The predicted octanol–water partition coefficient (Wildman–Crippen LogP) is 5.50. The number of amides is 1. The van der Waals surface area contributed by atoms with Gasteiger partial charge >= 0.3 is 6.09 Å². The second kappa shape index (κ2) is 8.58. The van der Waals surface area contributed by atoms with Crippen molar-refractivity contribution in [2.24, 2.45) is 0 Å². The number of likely N-dealkylation sites (tertiary alicyclic amines) is 1. The summed E-state index contributed by atoms with van der Waals surface area (Å²) in [6.45, 7) is 11.1. The van der Waals surface area contributed by atoms with Gasteiger partial charge in [0.25, 0.3) is 0 Å². The topological polar surface area (TPSA) is 59.0 Å². The third-order valence-corrected chi connectivity index (χ3v) is 5.61. The monoisotopic (exact) mass is 411 g/mol. The van der Waals surface area contributed by atoms with Crippen LogP contribution in [0.3, 0.4) is 0 Å². The zero-order valence-corrected chi connectivity index (χ0v) is 18.6. The number of carbonyl (C=O) groups excluding carboxylic acids is 1. The maximum Gasteiger partial charge on any atom is 0.410 e. The van der Waals surface area contributed by atoms with Gasteiger partial charge in [0.1, 0.15) is 23.7 Å². The summed E-state index contributed by atoms with van der Waals surface area (Å²) in [7, 11) is 0. The summed E-state index contributed by atoms with van der Waals surface area (Å²) in [6.07, 6.45) is 1.62. The first-order valence-corrected chi connectivity index (χ1v) is 10.6. The minimum Gasteiger partial charge on any atom is -0.508 e. The van der Waals surface area contributed by atoms with E-state index in [0.29, 0.717) is 13.2 Å². The molecule has 1 unspecified atom stereocenters. The van der Waals surface area contributed by atoms with Gasteiger partial charge in [-0.2, -0.15) is 0 Å². The lowest BCUT2D eigenvalue weighted by Gasteiger charge is -2.29. The first-order chi connectivity index (χ1) is 14.1. The Balaban J connectivity index is 1.62. The second-order valence-corrected chi connectivity index (χ2v) is 9.48. The van der Waals surface area contributed by atoms with E-state index >= 15 is 0 Å². The largest absolute Gasteiger partial charge is 0.508 e. The first kappa shape index (κ1) is 22.0. The van der Waals surface area contributed by atoms with Crippen molar-refractivity contribution in [2.45, 2.75) is 64.5 Å². The Morgan fingerprint density at radius 3 is 2.13 bits per heavy atom. The van der Waals surface area contributed by atoms with Crippen LogP contribution in [0.4, 0.5) is 4.79 Å². The quantitative estimate of drug-likeness (QED) is 0.706. The molecule has 1 atom stereocenters. The van der Waals surface area contributed by atoms with E-state index in [1.54, 1.807) is 17.0 Å². The van der Waals surface area contributed by atoms with Gasteiger partial charge in [0.15, 0.2) is 0 Å². The van der Waals surface area contributed by atoms with Crippen LogP contribution < -0.4 is 4.74 Å². The molecule has 1 N–H and O–H groups in total. The van der Waals surface area contributed by atoms with Crippen LogP contribution in [0.1, 0.15) is 58.6 Å². The van der Waals surface area contributed by atoms with Crippen LogP contribution in [0, 0.1) is 0 Å². The standard InChI is InChI=1S/C25H33NO4/c1-24(2,3)30-23(28)26-16-6-7-20(26)17-29-22-14-10-19(11-15-22)25(4,5)18-8-12-21(27)13-9-18/h8-15,20,27H,6-7,16-17H2,1-5H3. The zero-order valence-electron chi connectivity index (χ0n) is 18.6. The van der Waals surface area contributed by atoms with Crippen molar-refractivity contribution < 1.29 is 19.4 Å². The molecule has 1 heterocycles. The predicted molar refractivity (Wildman–Crippen MR) is 118 cm³/mol. The molecule has 2 aromatic rings. The molecule has 1 saturated heterocycles. The first-order valence-electron chi connectivity index (χ1n) is 10.6. The highest BCUT2D eigenvalue weighted by Crippen LogP contribution is 2.33. The van der Waals surface area contributed by atoms with E-state index in [4.69, 9.17) is 9.47 Å². The average molecular weight is 412 g/mol. The average Bonchev–Trinajstić information content (AvgIpc) is 3.14. The molecule has 1 aliphatic rings. The maximum atomic E-state index is 12.4. The van der Waals surface area contributed by atoms with Crippen molar-refractivity contribution >= 4 is 6.09 Å². The number of hydrogen-bond acceptors (Lipinski definition) is 4. The van der Waals surface area contributed by atoms with Crippen molar-refractivity contribution in [1.29, 1.82) is 0 Å². The number of carbonyl (C=O) groups is 1. The number of hydrogen-bond donors (Lipinski definition) is 1. The Morgan fingerprint density at radius 1 is 1.00 bits per heavy atom. The van der Waals surface area contributed by atoms with Gasteiger partial charge in [-0.05, 0) is 69.0 Å². The van der Waals surface area contributed by atoms with Gasteiger partial charge in [0.05, 0.1) is 6.04 Å². The summed E-state index contributed by atoms with van der Waals surface area (Å²) in [5.74, 6) is 1.06. The maximum absolute atomic E-state index is 12.4. The van der Waals surface area contributed by atoms with Gasteiger partial charge in [-0.3, -0.25) is 0 Å². The van der Waals surface area contributed by atoms with Crippen molar-refractivity contribution in [3.05, 3.63) is 59.7 Å². The van der Waals surface area contributed by atoms with Crippen LogP contribution in [0.2, 0.25) is 0 Å². The normalized spacial score (nSPS) is 17.1. The van der Waals surface area contributed by atoms with Crippen LogP contribution >= 0.6 is 0 Å². The molecule has 5 heteroatoms. The highest BCUT2D eigenvalue weighted by Gasteiger charge is 2.32. The highest BCUT2D eigenvalue weighted by atomic mass is 16.6. The smallest absolute Gasteiger partial charge is 0.410 e. The number of nitrogens with zero attached hydrogens (tertiary/aromatic N) is 1. The molecular formula is C25H33NO4. The number of ether oxygens (including phenoxy) is 2. The Hall–Kier alpha value is -2.69. The molecule has 0 bridgehead atoms. The Kier molecular flexibility index (Phi) is 6.30. The van der Waals surface area contributed by atoms with Crippen molar-refractivity contribution in [2.75, 3.05) is 13.2 Å². The van der Waals surface area contributed by atoms with E-state index in [1.165, 1.54) is 0 Å². The Morgan fingerprint density at radius 2 is 1.57 bits per heavy atom. The second-order valence-electron chi connectivity index (χ2n) is 9.48. The molecule has 1 amide bonds. The number of phenolic OH excluding ortho intramolecular Hbond substituents is 1. The molecule has 0 radical (unpaired) electrons. The van der Waals surface area contributed by atoms with Gasteiger partial charge in [-0.25, -0.2) is 4.79 Å². The Labute approximate surface area is 179 Å². The third kappa shape index (κ3) is 5.26. The van der Waals surface area contributed by atoms with Crippen LogP contribution in [0.25, 0.3) is 0 Å². The summed E-state index contributed by atoms with van der Waals surface area (Å²) >= 11 is 0. The number of phenols is 1. The summed E-state index contributed by atoms with van der Waals surface area (Å²) < 4.78 is 11.5. The lowest BCUT2D eigenvalue weighted by molar-refractivity contribution is 0.0187. The van der Waals surface area contributed by atoms with Gasteiger partial charge in [-0.1, -0.05) is 38.1 Å². The molecule has 162 valence electrons. The summed E-state index contributed by atoms with van der Waals surface area (Å²) in [4.78, 5) is 14.2. The summed E-state index contributed by atoms with van der Waals surface area (Å²) in [5.41, 5.74) is 1.61. The fraction of sp³-hybridized carbons (Fsp3) is 0.480. The van der Waals surface area contributed by atoms with E-state index in [0.717, 1.165) is 29.7 Å². The van der Waals surface area contributed by atoms with Gasteiger partial charge in [-0.15, -0.1) is 0 Å². The van der Waals surface area contributed by atoms with Gasteiger partial charge < -0.3 is 19.5 Å². The van der Waals surface area contributed by atoms with Crippen molar-refractivity contribution in [3.8, 4) is 11.5 Å². The molecule has 5 nitrogen and oxygen atoms in total. The van der Waals surface area contributed by atoms with E-state index in [9.17, 15) is 9.90 Å². The molecule has 0 aromatic heterocycles. The number of rotatable bonds is 5. The molecular weight excluding hydrogens is 378 g/mol. The highest BCUT2D eigenvalue weighted by molar-refractivity contribution is 5.69. The minimum atomic E-state index is -0.495. The van der Waals surface area contributed by atoms with E-state index in [-0.39, 0.29) is 23.3 Å². The van der Waals surface area contributed by atoms with Crippen molar-refractivity contribution in [3.63, 3.8) is 0 Å². The van der Waals surface area contributed by atoms with Gasteiger partial charge in [0.2, 0.25) is 0 Å². The van der Waals surface area contributed by atoms with E-state index < -0.39 is 5.60 Å². The number of benzene rings is 2.